The molecule has 0 saturated carbocycles. The maximum atomic E-state index is 12.9. The molecule has 0 spiro atoms. The maximum Gasteiger partial charge on any atom is 0.361 e. The lowest BCUT2D eigenvalue weighted by Crippen LogP contribution is -2.40. The van der Waals surface area contributed by atoms with Crippen molar-refractivity contribution in [1.29, 1.82) is 0 Å². The minimum absolute atomic E-state index is 0.175. The molecule has 0 radical (unpaired) electrons. The zero-order valence-corrected chi connectivity index (χ0v) is 56.0. The molecule has 0 aromatic carbocycles. The van der Waals surface area contributed by atoms with Gasteiger partial charge in [0.25, 0.3) is 6.29 Å². The van der Waals surface area contributed by atoms with E-state index in [1.807, 2.05) is 21.1 Å². The van der Waals surface area contributed by atoms with Crippen molar-refractivity contribution in [2.24, 2.45) is 0 Å². The van der Waals surface area contributed by atoms with Gasteiger partial charge in [-0.1, -0.05) is 317 Å². The number of carboxylic acid groups (broad SMARTS) is 1. The van der Waals surface area contributed by atoms with E-state index in [0.29, 0.717) is 23.9 Å². The second-order valence-electron chi connectivity index (χ2n) is 24.8. The van der Waals surface area contributed by atoms with Gasteiger partial charge < -0.3 is 28.5 Å². The number of hydrogen-bond acceptors (Lipinski definition) is 7. The molecule has 9 nitrogen and oxygen atoms in total. The Balaban J connectivity index is 4.15. The Morgan fingerprint density at radius 3 is 1.00 bits per heavy atom. The monoisotopic (exact) mass is 1190 g/mol. The van der Waals surface area contributed by atoms with Gasteiger partial charge in [0.15, 0.2) is 6.10 Å². The zero-order chi connectivity index (χ0) is 61.9. The number of ether oxygens (including phenoxy) is 4. The fourth-order valence-corrected chi connectivity index (χ4v) is 9.97. The van der Waals surface area contributed by atoms with Gasteiger partial charge in [0.1, 0.15) is 13.2 Å². The lowest BCUT2D eigenvalue weighted by atomic mass is 10.0. The maximum absolute atomic E-state index is 12.9. The highest BCUT2D eigenvalue weighted by Gasteiger charge is 2.25. The first-order valence-corrected chi connectivity index (χ1v) is 35.4. The molecule has 0 bridgehead atoms. The van der Waals surface area contributed by atoms with Gasteiger partial charge in [-0.2, -0.15) is 0 Å². The van der Waals surface area contributed by atoms with Crippen LogP contribution in [0.2, 0.25) is 0 Å². The first-order valence-electron chi connectivity index (χ1n) is 35.4. The number of rotatable bonds is 65. The predicted octanol–water partition coefficient (Wildman–Crippen LogP) is 22.0. The van der Waals surface area contributed by atoms with E-state index >= 15 is 0 Å². The van der Waals surface area contributed by atoms with Crippen molar-refractivity contribution in [2.45, 2.75) is 322 Å². The van der Waals surface area contributed by atoms with Crippen LogP contribution in [0.15, 0.2) is 97.2 Å². The third kappa shape index (κ3) is 67.6. The summed E-state index contributed by atoms with van der Waals surface area (Å²) >= 11 is 0. The van der Waals surface area contributed by atoms with E-state index in [9.17, 15) is 19.5 Å². The first kappa shape index (κ1) is 81.2. The van der Waals surface area contributed by atoms with Gasteiger partial charge in [-0.3, -0.25) is 9.59 Å². The number of aliphatic carboxylic acids is 1. The molecule has 0 aromatic rings. The Hall–Kier alpha value is -3.79. The molecule has 0 saturated heterocycles. The molecule has 0 amide bonds. The van der Waals surface area contributed by atoms with Crippen LogP contribution < -0.4 is 0 Å². The van der Waals surface area contributed by atoms with Crippen LogP contribution in [0.5, 0.6) is 0 Å². The van der Waals surface area contributed by atoms with Gasteiger partial charge in [-0.15, -0.1) is 0 Å². The number of nitrogens with zero attached hydrogens (tertiary/aromatic N) is 1. The Morgan fingerprint density at radius 2 is 0.671 bits per heavy atom. The summed E-state index contributed by atoms with van der Waals surface area (Å²) in [6.45, 7) is 4.74. The van der Waals surface area contributed by atoms with Crippen molar-refractivity contribution in [1.82, 2.24) is 0 Å². The van der Waals surface area contributed by atoms with Gasteiger partial charge in [-0.05, 0) is 77.0 Å². The number of likely N-dealkylation sites (N-methyl/N-ethyl adjacent to an activating group) is 1. The SMILES string of the molecule is CC/C=C\C/C=C\C/C=C\C/C=C\C/C=C\C/C=C\C/C=C\C/C=C\CCCCC(=O)OC(COC(=O)CCCCCCCCCCCCCCCCCCCCCCCCCCCCCCCCCCC)COC(OCC[N+](C)(C)C)C(=O)O. The average molecular weight is 1190 g/mol. The Bertz CT molecular complexity index is 1720. The molecule has 0 aliphatic carbocycles. The molecule has 0 aromatic heterocycles. The number of unbranched alkanes of at least 4 members (excludes halogenated alkanes) is 34. The van der Waals surface area contributed by atoms with Crippen LogP contribution in [0.25, 0.3) is 0 Å². The predicted molar refractivity (Wildman–Crippen MR) is 364 cm³/mol. The second-order valence-corrected chi connectivity index (χ2v) is 24.8. The molecule has 0 aliphatic heterocycles. The van der Waals surface area contributed by atoms with Gasteiger partial charge in [0.05, 0.1) is 34.4 Å². The molecule has 0 heterocycles. The first-order chi connectivity index (χ1) is 41.6. The molecule has 0 fully saturated rings. The lowest BCUT2D eigenvalue weighted by molar-refractivity contribution is -0.870. The van der Waals surface area contributed by atoms with Gasteiger partial charge >= 0.3 is 17.9 Å². The molecule has 2 atom stereocenters. The van der Waals surface area contributed by atoms with Gasteiger partial charge in [0.2, 0.25) is 0 Å². The summed E-state index contributed by atoms with van der Waals surface area (Å²) in [7, 11) is 5.96. The fraction of sp³-hybridized carbons (Fsp3) is 0.750. The highest BCUT2D eigenvalue weighted by Crippen LogP contribution is 2.18. The molecule has 1 N–H and O–H groups in total. The average Bonchev–Trinajstić information content (AvgIpc) is 3.48. The summed E-state index contributed by atoms with van der Waals surface area (Å²) < 4.78 is 22.9. The summed E-state index contributed by atoms with van der Waals surface area (Å²) in [5.41, 5.74) is 0. The number of carbonyl (C=O) groups is 3. The molecule has 0 rings (SSSR count). The van der Waals surface area contributed by atoms with Crippen molar-refractivity contribution in [2.75, 3.05) is 47.5 Å². The van der Waals surface area contributed by atoms with Crippen molar-refractivity contribution in [3.8, 4) is 0 Å². The quantitative estimate of drug-likeness (QED) is 0.0211. The number of esters is 2. The lowest BCUT2D eigenvalue weighted by Gasteiger charge is -2.25. The van der Waals surface area contributed by atoms with Crippen molar-refractivity contribution in [3.05, 3.63) is 97.2 Å². The summed E-state index contributed by atoms with van der Waals surface area (Å²) in [5.74, 6) is -2.06. The van der Waals surface area contributed by atoms with Crippen LogP contribution in [0.1, 0.15) is 309 Å². The minimum atomic E-state index is -1.53. The second kappa shape index (κ2) is 66.2. The number of hydrogen-bond donors (Lipinski definition) is 1. The van der Waals surface area contributed by atoms with Crippen LogP contribution in [-0.2, 0) is 33.3 Å². The summed E-state index contributed by atoms with van der Waals surface area (Å²) in [6, 6.07) is 0. The van der Waals surface area contributed by atoms with E-state index in [1.165, 1.54) is 193 Å². The van der Waals surface area contributed by atoms with Gasteiger partial charge in [0, 0.05) is 12.8 Å². The number of quaternary nitrogens is 1. The van der Waals surface area contributed by atoms with Gasteiger partial charge in [-0.25, -0.2) is 4.79 Å². The van der Waals surface area contributed by atoms with E-state index in [0.717, 1.165) is 83.5 Å². The largest absolute Gasteiger partial charge is 0.477 e. The smallest absolute Gasteiger partial charge is 0.361 e. The molecule has 0 aliphatic rings. The van der Waals surface area contributed by atoms with Crippen LogP contribution in [0, 0.1) is 0 Å². The molecule has 490 valence electrons. The van der Waals surface area contributed by atoms with Crippen LogP contribution in [0.4, 0.5) is 0 Å². The molecule has 85 heavy (non-hydrogen) atoms. The molecular formula is C76H134NO8+. The highest BCUT2D eigenvalue weighted by atomic mass is 16.7. The number of allylic oxidation sites excluding steroid dienone is 16. The van der Waals surface area contributed by atoms with Crippen molar-refractivity contribution >= 4 is 17.9 Å². The van der Waals surface area contributed by atoms with Crippen LogP contribution in [0.3, 0.4) is 0 Å². The Kier molecular flexibility index (Phi) is 63.2. The van der Waals surface area contributed by atoms with E-state index in [1.54, 1.807) is 0 Å². The third-order valence-corrected chi connectivity index (χ3v) is 15.4. The van der Waals surface area contributed by atoms with Crippen molar-refractivity contribution < 1.29 is 42.9 Å². The normalized spacial score (nSPS) is 13.3. The molecule has 2 unspecified atom stereocenters. The van der Waals surface area contributed by atoms with E-state index < -0.39 is 24.3 Å². The van der Waals surface area contributed by atoms with Crippen molar-refractivity contribution in [3.63, 3.8) is 0 Å². The summed E-state index contributed by atoms with van der Waals surface area (Å²) in [4.78, 5) is 37.6. The Morgan fingerprint density at radius 1 is 0.365 bits per heavy atom. The zero-order valence-electron chi connectivity index (χ0n) is 56.0. The van der Waals surface area contributed by atoms with E-state index in [2.05, 4.69) is 111 Å². The fourth-order valence-electron chi connectivity index (χ4n) is 9.97. The minimum Gasteiger partial charge on any atom is -0.477 e. The summed E-state index contributed by atoms with van der Waals surface area (Å²) in [6.07, 6.45) is 88.3. The molecule has 9 heteroatoms. The topological polar surface area (TPSA) is 108 Å². The number of carboxylic acids is 1. The Labute approximate surface area is 524 Å². The third-order valence-electron chi connectivity index (χ3n) is 15.4. The highest BCUT2D eigenvalue weighted by molar-refractivity contribution is 5.71. The molecular weight excluding hydrogens is 1050 g/mol. The van der Waals surface area contributed by atoms with E-state index in [4.69, 9.17) is 18.9 Å². The van der Waals surface area contributed by atoms with Crippen LogP contribution >= 0.6 is 0 Å². The van der Waals surface area contributed by atoms with E-state index in [-0.39, 0.29) is 32.2 Å². The van der Waals surface area contributed by atoms with Crippen LogP contribution in [-0.4, -0.2) is 87.4 Å². The summed E-state index contributed by atoms with van der Waals surface area (Å²) in [5, 5.41) is 9.74. The standard InChI is InChI=1S/C76H133NO8/c1-6-8-10-12-14-16-18-20-22-24-26-28-30-32-34-35-36-37-38-39-41-42-44-46-48-50-52-54-56-58-60-62-64-66-73(78)83-70-72(71-84-76(75(80)81)82-69-68-77(3,4)5)85-74(79)67-65-63-61-59-57-55-53-51-49-47-45-43-40-33-31-29-27-25-23-21-19-17-15-13-11-9-7-2/h9,11,15,17,21,23,27,29,33,40,45,47,51,53,57,59,72,76H,6-8,10,12-14,16,18-20,22,24-26,28,30-32,34-39,41-44,46,48-50,52,54-56,58,60-71H2,1-5H3/p+1/b11-9-,17-15-,23-21-,29-27-,40-33-,47-45-,53-51-,59-57-. The number of carbonyl (C=O) groups excluding carboxylic acids is 2.